The summed E-state index contributed by atoms with van der Waals surface area (Å²) in [6, 6.07) is 3.69. The van der Waals surface area contributed by atoms with Crippen LogP contribution in [-0.2, 0) is 0 Å². The quantitative estimate of drug-likeness (QED) is 0.837. The molecule has 1 aromatic carbocycles. The van der Waals surface area contributed by atoms with E-state index in [0.717, 1.165) is 31.7 Å². The highest BCUT2D eigenvalue weighted by Crippen LogP contribution is 2.39. The van der Waals surface area contributed by atoms with Crippen LogP contribution in [0.2, 0.25) is 5.02 Å². The van der Waals surface area contributed by atoms with Crippen molar-refractivity contribution in [2.75, 3.05) is 46.5 Å². The highest BCUT2D eigenvalue weighted by atomic mass is 35.5. The Morgan fingerprint density at radius 1 is 1.38 bits per heavy atom. The van der Waals surface area contributed by atoms with Crippen molar-refractivity contribution in [2.45, 2.75) is 13.0 Å². The SMILES string of the molecule is CCOc1c(Cl)cc(C(CO)N2CCNCC2)cc1OC. The van der Waals surface area contributed by atoms with Gasteiger partial charge in [-0.3, -0.25) is 4.90 Å². The zero-order chi connectivity index (χ0) is 15.2. The average molecular weight is 315 g/mol. The van der Waals surface area contributed by atoms with Gasteiger partial charge in [0.05, 0.1) is 31.4 Å². The van der Waals surface area contributed by atoms with Crippen molar-refractivity contribution < 1.29 is 14.6 Å². The number of piperazine rings is 1. The molecule has 0 saturated carbocycles. The summed E-state index contributed by atoms with van der Waals surface area (Å²) < 4.78 is 10.9. The average Bonchev–Trinajstić information content (AvgIpc) is 2.51. The minimum atomic E-state index is -0.0748. The highest BCUT2D eigenvalue weighted by molar-refractivity contribution is 6.32. The van der Waals surface area contributed by atoms with E-state index in [-0.39, 0.29) is 12.6 Å². The van der Waals surface area contributed by atoms with E-state index in [1.165, 1.54) is 0 Å². The van der Waals surface area contributed by atoms with E-state index in [0.29, 0.717) is 23.1 Å². The normalized spacial score (nSPS) is 17.5. The van der Waals surface area contributed by atoms with Gasteiger partial charge < -0.3 is 19.9 Å². The van der Waals surface area contributed by atoms with E-state index in [9.17, 15) is 5.11 Å². The maximum atomic E-state index is 9.78. The standard InChI is InChI=1S/C15H23ClN2O3/c1-3-21-15-12(16)8-11(9-14(15)20-2)13(10-19)18-6-4-17-5-7-18/h8-9,13,17,19H,3-7,10H2,1-2H3. The third-order valence-corrected chi connectivity index (χ3v) is 3.97. The lowest BCUT2D eigenvalue weighted by atomic mass is 10.0. The molecule has 1 aliphatic rings. The van der Waals surface area contributed by atoms with Crippen LogP contribution in [0.15, 0.2) is 12.1 Å². The molecule has 2 N–H and O–H groups in total. The van der Waals surface area contributed by atoms with Crippen LogP contribution in [0, 0.1) is 0 Å². The fraction of sp³-hybridized carbons (Fsp3) is 0.600. The first-order chi connectivity index (χ1) is 10.2. The van der Waals surface area contributed by atoms with Crippen molar-refractivity contribution in [1.82, 2.24) is 10.2 Å². The first-order valence-electron chi connectivity index (χ1n) is 7.27. The molecule has 1 aromatic rings. The molecule has 0 spiro atoms. The van der Waals surface area contributed by atoms with Gasteiger partial charge in [-0.25, -0.2) is 0 Å². The summed E-state index contributed by atoms with van der Waals surface area (Å²) in [5.74, 6) is 1.16. The summed E-state index contributed by atoms with van der Waals surface area (Å²) >= 11 is 6.31. The summed E-state index contributed by atoms with van der Waals surface area (Å²) in [5, 5.41) is 13.6. The number of nitrogens with one attached hydrogen (secondary N) is 1. The Bertz CT molecular complexity index is 464. The van der Waals surface area contributed by atoms with Gasteiger partial charge in [-0.15, -0.1) is 0 Å². The van der Waals surface area contributed by atoms with Crippen LogP contribution in [0.25, 0.3) is 0 Å². The van der Waals surface area contributed by atoms with Crippen molar-refractivity contribution in [3.05, 3.63) is 22.7 Å². The van der Waals surface area contributed by atoms with Crippen molar-refractivity contribution in [3.63, 3.8) is 0 Å². The van der Waals surface area contributed by atoms with Gasteiger partial charge >= 0.3 is 0 Å². The summed E-state index contributed by atoms with van der Waals surface area (Å²) in [4.78, 5) is 2.25. The smallest absolute Gasteiger partial charge is 0.179 e. The Kier molecular flexibility index (Phi) is 6.11. The van der Waals surface area contributed by atoms with E-state index in [1.54, 1.807) is 7.11 Å². The van der Waals surface area contributed by atoms with Crippen LogP contribution < -0.4 is 14.8 Å². The third-order valence-electron chi connectivity index (χ3n) is 3.69. The fourth-order valence-electron chi connectivity index (χ4n) is 2.64. The molecule has 0 amide bonds. The monoisotopic (exact) mass is 314 g/mol. The predicted octanol–water partition coefficient (Wildman–Crippen LogP) is 1.69. The van der Waals surface area contributed by atoms with Gasteiger partial charge in [0.25, 0.3) is 0 Å². The zero-order valence-electron chi connectivity index (χ0n) is 12.6. The summed E-state index contributed by atoms with van der Waals surface area (Å²) in [6.45, 7) is 6.14. The molecular formula is C15H23ClN2O3. The third kappa shape index (κ3) is 3.80. The number of hydrogen-bond acceptors (Lipinski definition) is 5. The lowest BCUT2D eigenvalue weighted by molar-refractivity contribution is 0.110. The Hall–Kier alpha value is -1.01. The van der Waals surface area contributed by atoms with E-state index in [1.807, 2.05) is 19.1 Å². The highest BCUT2D eigenvalue weighted by Gasteiger charge is 2.24. The second-order valence-electron chi connectivity index (χ2n) is 4.95. The number of aliphatic hydroxyl groups is 1. The number of halogens is 1. The number of nitrogens with zero attached hydrogens (tertiary/aromatic N) is 1. The molecule has 5 nitrogen and oxygen atoms in total. The van der Waals surface area contributed by atoms with E-state index >= 15 is 0 Å². The molecule has 1 unspecified atom stereocenters. The Morgan fingerprint density at radius 3 is 2.67 bits per heavy atom. The van der Waals surface area contributed by atoms with Gasteiger partial charge in [-0.05, 0) is 24.6 Å². The minimum absolute atomic E-state index is 0.0491. The van der Waals surface area contributed by atoms with Crippen LogP contribution in [0.1, 0.15) is 18.5 Å². The molecule has 1 heterocycles. The number of methoxy groups -OCH3 is 1. The molecule has 6 heteroatoms. The second kappa shape index (κ2) is 7.84. The molecule has 2 rings (SSSR count). The number of rotatable bonds is 6. The van der Waals surface area contributed by atoms with Crippen LogP contribution in [0.5, 0.6) is 11.5 Å². The molecule has 1 atom stereocenters. The molecule has 0 aliphatic carbocycles. The van der Waals surface area contributed by atoms with Crippen molar-refractivity contribution in [1.29, 1.82) is 0 Å². The molecule has 1 fully saturated rings. The van der Waals surface area contributed by atoms with E-state index in [2.05, 4.69) is 10.2 Å². The summed E-state index contributed by atoms with van der Waals surface area (Å²) in [5.41, 5.74) is 0.949. The van der Waals surface area contributed by atoms with Gasteiger partial charge in [0.1, 0.15) is 0 Å². The van der Waals surface area contributed by atoms with Gasteiger partial charge in [-0.2, -0.15) is 0 Å². The number of ether oxygens (including phenoxy) is 2. The molecule has 1 aliphatic heterocycles. The topological polar surface area (TPSA) is 54.0 Å². The fourth-order valence-corrected chi connectivity index (χ4v) is 2.92. The maximum Gasteiger partial charge on any atom is 0.179 e. The Balaban J connectivity index is 2.30. The summed E-state index contributed by atoms with van der Waals surface area (Å²) in [6.07, 6.45) is 0. The van der Waals surface area contributed by atoms with Crippen molar-refractivity contribution >= 4 is 11.6 Å². The molecular weight excluding hydrogens is 292 g/mol. The molecule has 118 valence electrons. The van der Waals surface area contributed by atoms with Crippen molar-refractivity contribution in [2.24, 2.45) is 0 Å². The predicted molar refractivity (Wildman–Crippen MR) is 83.4 cm³/mol. The Labute approximate surface area is 130 Å². The van der Waals surface area contributed by atoms with Gasteiger partial charge in [0, 0.05) is 26.2 Å². The number of aliphatic hydroxyl groups excluding tert-OH is 1. The van der Waals surface area contributed by atoms with Gasteiger partial charge in [-0.1, -0.05) is 11.6 Å². The van der Waals surface area contributed by atoms with Crippen molar-refractivity contribution in [3.8, 4) is 11.5 Å². The molecule has 0 bridgehead atoms. The number of hydrogen-bond donors (Lipinski definition) is 2. The molecule has 21 heavy (non-hydrogen) atoms. The first kappa shape index (κ1) is 16.4. The molecule has 0 radical (unpaired) electrons. The van der Waals surface area contributed by atoms with Crippen LogP contribution in [0.4, 0.5) is 0 Å². The van der Waals surface area contributed by atoms with Crippen LogP contribution in [-0.4, -0.2) is 56.5 Å². The van der Waals surface area contributed by atoms with Crippen LogP contribution >= 0.6 is 11.6 Å². The van der Waals surface area contributed by atoms with Gasteiger partial charge in [0.2, 0.25) is 0 Å². The summed E-state index contributed by atoms with van der Waals surface area (Å²) in [7, 11) is 1.59. The largest absolute Gasteiger partial charge is 0.493 e. The molecule has 0 aromatic heterocycles. The zero-order valence-corrected chi connectivity index (χ0v) is 13.3. The Morgan fingerprint density at radius 2 is 2.10 bits per heavy atom. The lowest BCUT2D eigenvalue weighted by Gasteiger charge is -2.34. The maximum absolute atomic E-state index is 9.78. The lowest BCUT2D eigenvalue weighted by Crippen LogP contribution is -2.46. The van der Waals surface area contributed by atoms with Gasteiger partial charge in [0.15, 0.2) is 11.5 Å². The second-order valence-corrected chi connectivity index (χ2v) is 5.36. The minimum Gasteiger partial charge on any atom is -0.493 e. The first-order valence-corrected chi connectivity index (χ1v) is 7.64. The number of benzene rings is 1. The molecule has 1 saturated heterocycles. The van der Waals surface area contributed by atoms with Crippen LogP contribution in [0.3, 0.4) is 0 Å². The van der Waals surface area contributed by atoms with E-state index < -0.39 is 0 Å². The van der Waals surface area contributed by atoms with E-state index in [4.69, 9.17) is 21.1 Å².